The van der Waals surface area contributed by atoms with Gasteiger partial charge >= 0.3 is 0 Å². The molecule has 0 saturated carbocycles. The summed E-state index contributed by atoms with van der Waals surface area (Å²) < 4.78 is 53.2. The summed E-state index contributed by atoms with van der Waals surface area (Å²) in [5, 5.41) is 0.449. The summed E-state index contributed by atoms with van der Waals surface area (Å²) in [5.41, 5.74) is 1.28. The summed E-state index contributed by atoms with van der Waals surface area (Å²) in [5.74, 6) is -0.125. The average molecular weight is 542 g/mol. The fraction of sp³-hybridized carbons (Fsp3) is 0.231. The molecule has 1 N–H and O–H groups in total. The first-order valence-electron chi connectivity index (χ1n) is 11.6. The number of carbonyl (C=O) groups is 1. The van der Waals surface area contributed by atoms with Gasteiger partial charge in [-0.3, -0.25) is 14.4 Å². The van der Waals surface area contributed by atoms with Gasteiger partial charge in [-0.25, -0.2) is 17.8 Å². The lowest BCUT2D eigenvalue weighted by Crippen LogP contribution is -2.37. The maximum absolute atomic E-state index is 13.7. The molecule has 4 aromatic rings. The number of ether oxygens (including phenoxy) is 2. The van der Waals surface area contributed by atoms with E-state index in [2.05, 4.69) is 9.71 Å². The van der Waals surface area contributed by atoms with Crippen molar-refractivity contribution < 1.29 is 27.1 Å². The number of hydrogen-bond acceptors (Lipinski definition) is 7. The fourth-order valence-corrected chi connectivity index (χ4v) is 6.10. The van der Waals surface area contributed by atoms with E-state index < -0.39 is 10.0 Å². The molecule has 1 aromatic heterocycles. The van der Waals surface area contributed by atoms with Crippen molar-refractivity contribution in [1.82, 2.24) is 4.98 Å². The number of benzene rings is 3. The molecule has 3 aromatic carbocycles. The first kappa shape index (κ1) is 25.1. The van der Waals surface area contributed by atoms with Crippen molar-refractivity contribution in [3.8, 4) is 5.75 Å². The molecule has 0 spiro atoms. The van der Waals surface area contributed by atoms with Crippen molar-refractivity contribution in [2.45, 2.75) is 23.8 Å². The predicted octanol–water partition coefficient (Wildman–Crippen LogP) is 5.07. The number of anilines is 2. The van der Waals surface area contributed by atoms with Gasteiger partial charge in [-0.15, -0.1) is 0 Å². The molecule has 1 saturated heterocycles. The highest BCUT2D eigenvalue weighted by Crippen LogP contribution is 2.31. The van der Waals surface area contributed by atoms with Crippen molar-refractivity contribution in [2.75, 3.05) is 29.9 Å². The van der Waals surface area contributed by atoms with Crippen LogP contribution in [0.3, 0.4) is 0 Å². The summed E-state index contributed by atoms with van der Waals surface area (Å²) in [4.78, 5) is 19.8. The van der Waals surface area contributed by atoms with Gasteiger partial charge in [-0.1, -0.05) is 11.3 Å². The van der Waals surface area contributed by atoms with Crippen LogP contribution in [0, 0.1) is 5.82 Å². The maximum Gasteiger partial charge on any atom is 0.261 e. The SMILES string of the molecule is COc1ccc(S(=O)(=O)Nc2ccc(C(=O)N(CC3CCCO3)c3nc4ccc(F)cc4s3)cc2)cc1. The molecule has 1 unspecified atom stereocenters. The lowest BCUT2D eigenvalue weighted by Gasteiger charge is -2.23. The number of sulfonamides is 1. The van der Waals surface area contributed by atoms with Crippen LogP contribution in [0.2, 0.25) is 0 Å². The zero-order valence-corrected chi connectivity index (χ0v) is 21.5. The fourth-order valence-electron chi connectivity index (χ4n) is 4.05. The minimum absolute atomic E-state index is 0.0865. The van der Waals surface area contributed by atoms with E-state index in [9.17, 15) is 17.6 Å². The normalized spacial score (nSPS) is 15.6. The van der Waals surface area contributed by atoms with Crippen molar-refractivity contribution in [2.24, 2.45) is 0 Å². The van der Waals surface area contributed by atoms with Crippen LogP contribution in [0.4, 0.5) is 15.2 Å². The Labute approximate surface area is 217 Å². The minimum atomic E-state index is -3.82. The minimum Gasteiger partial charge on any atom is -0.497 e. The zero-order chi connectivity index (χ0) is 26.0. The zero-order valence-electron chi connectivity index (χ0n) is 19.9. The highest BCUT2D eigenvalue weighted by molar-refractivity contribution is 7.92. The van der Waals surface area contributed by atoms with Crippen LogP contribution < -0.4 is 14.4 Å². The molecule has 0 aliphatic carbocycles. The van der Waals surface area contributed by atoms with Crippen molar-refractivity contribution >= 4 is 48.3 Å². The molecule has 5 rings (SSSR count). The average Bonchev–Trinajstić information content (AvgIpc) is 3.56. The van der Waals surface area contributed by atoms with Crippen molar-refractivity contribution in [3.05, 3.63) is 78.1 Å². The molecule has 2 heterocycles. The first-order chi connectivity index (χ1) is 17.8. The van der Waals surface area contributed by atoms with E-state index in [0.717, 1.165) is 12.8 Å². The second-order valence-corrected chi connectivity index (χ2v) is 11.2. The van der Waals surface area contributed by atoms with E-state index in [1.54, 1.807) is 35.2 Å². The largest absolute Gasteiger partial charge is 0.497 e. The molecule has 1 atom stereocenters. The molecule has 0 radical (unpaired) electrons. The number of halogens is 1. The molecule has 0 bridgehead atoms. The molecule has 8 nitrogen and oxygen atoms in total. The van der Waals surface area contributed by atoms with E-state index >= 15 is 0 Å². The quantitative estimate of drug-likeness (QED) is 0.335. The van der Waals surface area contributed by atoms with E-state index in [-0.39, 0.29) is 22.7 Å². The molecule has 1 amide bonds. The summed E-state index contributed by atoms with van der Waals surface area (Å²) >= 11 is 1.23. The summed E-state index contributed by atoms with van der Waals surface area (Å²) in [6.07, 6.45) is 1.62. The van der Waals surface area contributed by atoms with Crippen molar-refractivity contribution in [1.29, 1.82) is 0 Å². The Kier molecular flexibility index (Phi) is 7.09. The molecule has 1 aliphatic rings. The highest BCUT2D eigenvalue weighted by Gasteiger charge is 2.27. The Hall–Kier alpha value is -3.54. The van der Waals surface area contributed by atoms with E-state index in [1.807, 2.05) is 0 Å². The highest BCUT2D eigenvalue weighted by atomic mass is 32.2. The molecular weight excluding hydrogens is 517 g/mol. The second-order valence-electron chi connectivity index (χ2n) is 8.52. The number of fused-ring (bicyclic) bond motifs is 1. The van der Waals surface area contributed by atoms with Crippen LogP contribution in [0.15, 0.2) is 71.6 Å². The summed E-state index contributed by atoms with van der Waals surface area (Å²) in [7, 11) is -2.32. The molecule has 37 heavy (non-hydrogen) atoms. The third-order valence-electron chi connectivity index (χ3n) is 5.98. The van der Waals surface area contributed by atoms with Crippen LogP contribution in [0.5, 0.6) is 5.75 Å². The predicted molar refractivity (Wildman–Crippen MR) is 140 cm³/mol. The molecule has 1 aliphatic heterocycles. The van der Waals surface area contributed by atoms with Crippen LogP contribution in [-0.4, -0.2) is 45.7 Å². The number of amides is 1. The first-order valence-corrected chi connectivity index (χ1v) is 13.9. The molecule has 192 valence electrons. The third-order valence-corrected chi connectivity index (χ3v) is 8.42. The van der Waals surface area contributed by atoms with Gasteiger partial charge in [0.15, 0.2) is 5.13 Å². The number of nitrogens with one attached hydrogen (secondary N) is 1. The molecule has 1 fully saturated rings. The van der Waals surface area contributed by atoms with Crippen LogP contribution >= 0.6 is 11.3 Å². The lowest BCUT2D eigenvalue weighted by atomic mass is 10.1. The van der Waals surface area contributed by atoms with E-state index in [4.69, 9.17) is 9.47 Å². The van der Waals surface area contributed by atoms with Crippen LogP contribution in [0.1, 0.15) is 23.2 Å². The van der Waals surface area contributed by atoms with Gasteiger partial charge in [0.2, 0.25) is 0 Å². The number of aromatic nitrogens is 1. The van der Waals surface area contributed by atoms with Gasteiger partial charge in [-0.2, -0.15) is 0 Å². The van der Waals surface area contributed by atoms with Gasteiger partial charge in [0.05, 0.1) is 34.9 Å². The van der Waals surface area contributed by atoms with Crippen molar-refractivity contribution in [3.63, 3.8) is 0 Å². The lowest BCUT2D eigenvalue weighted by molar-refractivity contribution is 0.0917. The van der Waals surface area contributed by atoms with Gasteiger partial charge in [0.25, 0.3) is 15.9 Å². The number of thiazole rings is 1. The third kappa shape index (κ3) is 5.58. The Morgan fingerprint density at radius 3 is 2.59 bits per heavy atom. The second kappa shape index (κ2) is 10.4. The summed E-state index contributed by atoms with van der Waals surface area (Å²) in [6.45, 7) is 0.952. The monoisotopic (exact) mass is 541 g/mol. The Balaban J connectivity index is 1.38. The van der Waals surface area contributed by atoms with Crippen LogP contribution in [0.25, 0.3) is 10.2 Å². The maximum atomic E-state index is 13.7. The smallest absolute Gasteiger partial charge is 0.261 e. The van der Waals surface area contributed by atoms with Gasteiger partial charge in [-0.05, 0) is 79.6 Å². The number of methoxy groups -OCH3 is 1. The van der Waals surface area contributed by atoms with Gasteiger partial charge in [0.1, 0.15) is 11.6 Å². The number of carbonyl (C=O) groups excluding carboxylic acids is 1. The van der Waals surface area contributed by atoms with E-state index in [1.165, 1.54) is 54.8 Å². The number of nitrogens with zero attached hydrogens (tertiary/aromatic N) is 2. The number of rotatable bonds is 8. The Bertz CT molecular complexity index is 1520. The van der Waals surface area contributed by atoms with Crippen LogP contribution in [-0.2, 0) is 14.8 Å². The van der Waals surface area contributed by atoms with E-state index in [0.29, 0.717) is 45.5 Å². The summed E-state index contributed by atoms with van der Waals surface area (Å²) in [6, 6.07) is 16.5. The molecule has 11 heteroatoms. The topological polar surface area (TPSA) is 97.8 Å². The van der Waals surface area contributed by atoms with Gasteiger partial charge in [0, 0.05) is 17.9 Å². The Morgan fingerprint density at radius 1 is 1.16 bits per heavy atom. The Morgan fingerprint density at radius 2 is 1.92 bits per heavy atom. The molecular formula is C26H24FN3O5S2. The standard InChI is InChI=1S/C26H24FN3O5S2/c1-34-20-9-11-22(12-10-20)37(32,33)29-19-7-4-17(5-8-19)25(31)30(16-21-3-2-14-35-21)26-28-23-13-6-18(27)15-24(23)36-26/h4-13,15,21,29H,2-3,14,16H2,1H3. The number of hydrogen-bond donors (Lipinski definition) is 1. The van der Waals surface area contributed by atoms with Gasteiger partial charge < -0.3 is 9.47 Å².